The van der Waals surface area contributed by atoms with Gasteiger partial charge in [0.15, 0.2) is 0 Å². The number of aliphatic hydroxyl groups excluding tert-OH is 2. The molecule has 4 amide bonds. The topological polar surface area (TPSA) is 165 Å². The normalized spacial score (nSPS) is 31.5. The Morgan fingerprint density at radius 2 is 1.70 bits per heavy atom. The fourth-order valence-corrected chi connectivity index (χ4v) is 6.53. The zero-order valence-corrected chi connectivity index (χ0v) is 23.9. The molecule has 4 aliphatic heterocycles. The second-order valence-corrected chi connectivity index (χ2v) is 11.7. The first-order valence-corrected chi connectivity index (χ1v) is 14.7. The van der Waals surface area contributed by atoms with Crippen LogP contribution in [0, 0.1) is 5.82 Å². The summed E-state index contributed by atoms with van der Waals surface area (Å²) in [7, 11) is 0. The van der Waals surface area contributed by atoms with Crippen molar-refractivity contribution in [2.45, 2.75) is 61.9 Å². The minimum atomic E-state index is -1.35. The lowest BCUT2D eigenvalue weighted by atomic mass is 10.0. The highest BCUT2D eigenvalue weighted by Gasteiger charge is 2.47. The average Bonchev–Trinajstić information content (AvgIpc) is 3.54. The van der Waals surface area contributed by atoms with Gasteiger partial charge < -0.3 is 35.4 Å². The van der Waals surface area contributed by atoms with Crippen molar-refractivity contribution in [3.05, 3.63) is 65.7 Å². The number of aromatic nitrogens is 1. The van der Waals surface area contributed by atoms with Crippen molar-refractivity contribution in [1.29, 1.82) is 0 Å². The van der Waals surface area contributed by atoms with Crippen LogP contribution in [0.2, 0.25) is 0 Å². The quantitative estimate of drug-likeness (QED) is 0.329. The summed E-state index contributed by atoms with van der Waals surface area (Å²) in [4.78, 5) is 63.1. The molecule has 4 saturated heterocycles. The fourth-order valence-electron chi connectivity index (χ4n) is 6.53. The number of amides is 4. The van der Waals surface area contributed by atoms with Gasteiger partial charge in [-0.05, 0) is 48.4 Å². The summed E-state index contributed by atoms with van der Waals surface area (Å²) in [5.74, 6) is -2.16. The van der Waals surface area contributed by atoms with Crippen molar-refractivity contribution < 1.29 is 38.5 Å². The second-order valence-electron chi connectivity index (χ2n) is 11.7. The number of halogens is 1. The number of carbonyl (C=O) groups is 4. The molecule has 5 heterocycles. The van der Waals surface area contributed by atoms with Crippen LogP contribution >= 0.6 is 0 Å². The summed E-state index contributed by atoms with van der Waals surface area (Å²) in [6, 6.07) is 6.66. The number of likely N-dealkylation sites (tertiary alicyclic amines) is 1. The van der Waals surface area contributed by atoms with E-state index in [1.807, 2.05) is 17.0 Å². The number of fused-ring (bicyclic) bond motifs is 6. The molecular weight excluding hydrogens is 575 g/mol. The van der Waals surface area contributed by atoms with Crippen LogP contribution in [0.1, 0.15) is 28.8 Å². The van der Waals surface area contributed by atoms with E-state index < -0.39 is 54.1 Å². The Hall–Kier alpha value is -3.98. The number of carbonyl (C=O) groups excluding carboxylic acids is 4. The van der Waals surface area contributed by atoms with E-state index in [1.165, 1.54) is 29.2 Å². The van der Waals surface area contributed by atoms with Crippen LogP contribution in [0.4, 0.5) is 4.39 Å². The smallest absolute Gasteiger partial charge is 0.254 e. The van der Waals surface area contributed by atoms with E-state index in [9.17, 15) is 33.8 Å². The van der Waals surface area contributed by atoms with Crippen LogP contribution in [0.15, 0.2) is 48.8 Å². The monoisotopic (exact) mass is 610 g/mol. The van der Waals surface area contributed by atoms with E-state index in [2.05, 4.69) is 15.6 Å². The number of aliphatic hydroxyl groups is 2. The minimum absolute atomic E-state index is 0.0562. The number of ether oxygens (including phenoxy) is 1. The van der Waals surface area contributed by atoms with E-state index in [1.54, 1.807) is 17.3 Å². The molecule has 1 aromatic heterocycles. The Labute approximate surface area is 253 Å². The van der Waals surface area contributed by atoms with Gasteiger partial charge in [-0.3, -0.25) is 29.1 Å². The molecule has 1 aromatic carbocycles. The van der Waals surface area contributed by atoms with Crippen molar-refractivity contribution in [3.8, 4) is 0 Å². The van der Waals surface area contributed by atoms with Crippen LogP contribution in [0.5, 0.6) is 0 Å². The number of piperazine rings is 1. The molecule has 4 fully saturated rings. The third kappa shape index (κ3) is 6.15. The van der Waals surface area contributed by atoms with Gasteiger partial charge in [-0.2, -0.15) is 0 Å². The van der Waals surface area contributed by atoms with Gasteiger partial charge in [0.1, 0.15) is 30.2 Å². The molecule has 234 valence electrons. The van der Waals surface area contributed by atoms with Gasteiger partial charge in [-0.25, -0.2) is 4.39 Å². The molecule has 6 bridgehead atoms. The van der Waals surface area contributed by atoms with E-state index in [0.717, 1.165) is 5.56 Å². The van der Waals surface area contributed by atoms with E-state index in [0.29, 0.717) is 19.5 Å². The summed E-state index contributed by atoms with van der Waals surface area (Å²) in [5.41, 5.74) is 1.13. The minimum Gasteiger partial charge on any atom is -0.388 e. The molecule has 7 atom stereocenters. The molecule has 0 spiro atoms. The maximum atomic E-state index is 14.1. The van der Waals surface area contributed by atoms with Crippen molar-refractivity contribution >= 4 is 23.6 Å². The van der Waals surface area contributed by atoms with Gasteiger partial charge in [-0.15, -0.1) is 0 Å². The van der Waals surface area contributed by atoms with Gasteiger partial charge >= 0.3 is 0 Å². The van der Waals surface area contributed by atoms with Crippen LogP contribution < -0.4 is 10.6 Å². The zero-order valence-electron chi connectivity index (χ0n) is 23.9. The molecular formula is C30H35FN6O7. The first-order chi connectivity index (χ1) is 21.2. The van der Waals surface area contributed by atoms with Crippen molar-refractivity contribution in [2.75, 3.05) is 32.7 Å². The lowest BCUT2D eigenvalue weighted by Crippen LogP contribution is -2.63. The standard InChI is InChI=1S/C30H35FN6O7/c31-19-3-1-18(2-4-19)29(42)37-10-9-35-16-22(37)28(41)33-13-24-27(40)26(39)23(44-24)12-25(38)34-20-11-21(30(35)43)36(15-20)14-17-5-7-32-8-6-17/h1-8,20-24,26-27,39-40H,9-16H2,(H,33,41)(H,34,38)/t20-,21-,22-,23-,24+,26-,27+/m0/s1. The Morgan fingerprint density at radius 3 is 2.45 bits per heavy atom. The van der Waals surface area contributed by atoms with Crippen molar-refractivity contribution in [1.82, 2.24) is 30.3 Å². The Balaban J connectivity index is 1.30. The maximum absolute atomic E-state index is 14.1. The van der Waals surface area contributed by atoms with E-state index >= 15 is 0 Å². The number of hydrogen-bond donors (Lipinski definition) is 4. The van der Waals surface area contributed by atoms with E-state index in [4.69, 9.17) is 4.74 Å². The number of hydrogen-bond acceptors (Lipinski definition) is 9. The zero-order chi connectivity index (χ0) is 31.0. The molecule has 14 heteroatoms. The highest BCUT2D eigenvalue weighted by Crippen LogP contribution is 2.27. The van der Waals surface area contributed by atoms with Gasteiger partial charge in [-0.1, -0.05) is 0 Å². The fraction of sp³-hybridized carbons (Fsp3) is 0.500. The number of pyridine rings is 1. The first kappa shape index (κ1) is 30.1. The van der Waals surface area contributed by atoms with E-state index in [-0.39, 0.29) is 56.0 Å². The number of rotatable bonds is 3. The summed E-state index contributed by atoms with van der Waals surface area (Å²) >= 11 is 0. The summed E-state index contributed by atoms with van der Waals surface area (Å²) < 4.78 is 19.3. The number of nitrogens with zero attached hydrogens (tertiary/aromatic N) is 4. The Kier molecular flexibility index (Phi) is 8.58. The number of benzene rings is 1. The number of nitrogens with one attached hydrogen (secondary N) is 2. The molecule has 13 nitrogen and oxygen atoms in total. The average molecular weight is 611 g/mol. The predicted molar refractivity (Wildman–Crippen MR) is 151 cm³/mol. The molecule has 0 radical (unpaired) electrons. The van der Waals surface area contributed by atoms with Gasteiger partial charge in [0, 0.05) is 56.7 Å². The molecule has 0 aliphatic carbocycles. The third-order valence-corrected chi connectivity index (χ3v) is 8.86. The Bertz CT molecular complexity index is 1400. The maximum Gasteiger partial charge on any atom is 0.254 e. The van der Waals surface area contributed by atoms with Crippen LogP contribution in [-0.2, 0) is 25.7 Å². The van der Waals surface area contributed by atoms with Gasteiger partial charge in [0.25, 0.3) is 5.91 Å². The summed E-state index contributed by atoms with van der Waals surface area (Å²) in [6.07, 6.45) is -1.24. The predicted octanol–water partition coefficient (Wildman–Crippen LogP) is -1.36. The molecule has 0 saturated carbocycles. The van der Waals surface area contributed by atoms with Crippen molar-refractivity contribution in [3.63, 3.8) is 0 Å². The lowest BCUT2D eigenvalue weighted by Gasteiger charge is -2.42. The van der Waals surface area contributed by atoms with Crippen LogP contribution in [0.3, 0.4) is 0 Å². The van der Waals surface area contributed by atoms with Gasteiger partial charge in [0.05, 0.1) is 25.1 Å². The highest BCUT2D eigenvalue weighted by atomic mass is 19.1. The molecule has 6 rings (SSSR count). The highest BCUT2D eigenvalue weighted by molar-refractivity contribution is 5.98. The second kappa shape index (κ2) is 12.6. The van der Waals surface area contributed by atoms with Gasteiger partial charge in [0.2, 0.25) is 17.7 Å². The molecule has 2 aromatic rings. The third-order valence-electron chi connectivity index (χ3n) is 8.86. The molecule has 4 aliphatic rings. The van der Waals surface area contributed by atoms with Crippen LogP contribution in [0.25, 0.3) is 0 Å². The summed E-state index contributed by atoms with van der Waals surface area (Å²) in [6.45, 7) is 0.759. The first-order valence-electron chi connectivity index (χ1n) is 14.7. The van der Waals surface area contributed by atoms with Crippen molar-refractivity contribution in [2.24, 2.45) is 0 Å². The SMILES string of the molecule is O=C1C[C@@H]2O[C@H](CNC(=O)[C@@H]3CN(CCN3C(=O)c3ccc(F)cc3)C(=O)[C@@H]3C[C@@H](CN3Cc3ccncc3)N1)[C@@H](O)[C@H]2O. The molecule has 4 N–H and O–H groups in total. The lowest BCUT2D eigenvalue weighted by molar-refractivity contribution is -0.141. The van der Waals surface area contributed by atoms with Crippen LogP contribution in [-0.4, -0.2) is 129 Å². The molecule has 44 heavy (non-hydrogen) atoms. The molecule has 0 unspecified atom stereocenters. The Morgan fingerprint density at radius 1 is 0.977 bits per heavy atom. The largest absolute Gasteiger partial charge is 0.388 e. The summed E-state index contributed by atoms with van der Waals surface area (Å²) in [5, 5.41) is 26.9.